The predicted molar refractivity (Wildman–Crippen MR) is 68.7 cm³/mol. The molecular formula is C13H25N3. The van der Waals surface area contributed by atoms with E-state index < -0.39 is 0 Å². The molecule has 0 aromatic carbocycles. The first-order valence-electron chi connectivity index (χ1n) is 6.77. The number of likely N-dealkylation sites (N-methyl/N-ethyl adjacent to an activating group) is 1. The van der Waals surface area contributed by atoms with E-state index in [1.165, 1.54) is 32.1 Å². The molecule has 0 amide bonds. The van der Waals surface area contributed by atoms with Crippen LogP contribution < -0.4 is 5.32 Å². The maximum atomic E-state index is 4.45. The van der Waals surface area contributed by atoms with Gasteiger partial charge in [-0.05, 0) is 18.3 Å². The van der Waals surface area contributed by atoms with Crippen molar-refractivity contribution in [2.45, 2.75) is 39.0 Å². The van der Waals surface area contributed by atoms with E-state index in [-0.39, 0.29) is 0 Å². The lowest BCUT2D eigenvalue weighted by Gasteiger charge is -2.29. The van der Waals surface area contributed by atoms with E-state index in [2.05, 4.69) is 29.2 Å². The molecule has 2 aliphatic rings. The molecule has 1 aliphatic carbocycles. The average Bonchev–Trinajstić information content (AvgIpc) is 2.67. The zero-order valence-electron chi connectivity index (χ0n) is 10.7. The topological polar surface area (TPSA) is 27.6 Å². The van der Waals surface area contributed by atoms with Crippen LogP contribution in [0.3, 0.4) is 0 Å². The standard InChI is InChI=1S/C13H25N3/c1-11-5-3-4-6-12(11)7-8-14-13-15-9-10-16(13)2/h11-12H,3-10H2,1-2H3,(H,14,15). The van der Waals surface area contributed by atoms with Gasteiger partial charge in [-0.1, -0.05) is 32.6 Å². The van der Waals surface area contributed by atoms with Gasteiger partial charge >= 0.3 is 0 Å². The summed E-state index contributed by atoms with van der Waals surface area (Å²) < 4.78 is 0. The largest absolute Gasteiger partial charge is 0.356 e. The van der Waals surface area contributed by atoms with E-state index in [0.717, 1.165) is 37.4 Å². The zero-order chi connectivity index (χ0) is 11.4. The van der Waals surface area contributed by atoms with Crippen LogP contribution in [0.2, 0.25) is 0 Å². The Morgan fingerprint density at radius 1 is 1.38 bits per heavy atom. The first-order chi connectivity index (χ1) is 7.77. The van der Waals surface area contributed by atoms with E-state index in [0.29, 0.717) is 0 Å². The van der Waals surface area contributed by atoms with E-state index >= 15 is 0 Å². The Morgan fingerprint density at radius 2 is 2.19 bits per heavy atom. The maximum absolute atomic E-state index is 4.45. The van der Waals surface area contributed by atoms with Crippen LogP contribution in [-0.2, 0) is 0 Å². The molecule has 0 saturated heterocycles. The second-order valence-corrected chi connectivity index (χ2v) is 5.36. The Bertz CT molecular complexity index is 250. The molecule has 16 heavy (non-hydrogen) atoms. The van der Waals surface area contributed by atoms with Gasteiger partial charge in [-0.3, -0.25) is 4.99 Å². The van der Waals surface area contributed by atoms with Crippen molar-refractivity contribution in [2.24, 2.45) is 16.8 Å². The quantitative estimate of drug-likeness (QED) is 0.793. The Balaban J connectivity index is 1.67. The molecule has 0 aromatic heterocycles. The van der Waals surface area contributed by atoms with Crippen LogP contribution in [0.1, 0.15) is 39.0 Å². The second kappa shape index (κ2) is 5.55. The Kier molecular flexibility index (Phi) is 4.08. The Labute approximate surface area is 99.3 Å². The highest BCUT2D eigenvalue weighted by molar-refractivity contribution is 5.81. The number of hydrogen-bond donors (Lipinski definition) is 1. The van der Waals surface area contributed by atoms with Crippen LogP contribution in [0.4, 0.5) is 0 Å². The summed E-state index contributed by atoms with van der Waals surface area (Å²) in [5.74, 6) is 2.97. The summed E-state index contributed by atoms with van der Waals surface area (Å²) in [5.41, 5.74) is 0. The normalized spacial score (nSPS) is 30.4. The van der Waals surface area contributed by atoms with Crippen LogP contribution >= 0.6 is 0 Å². The van der Waals surface area contributed by atoms with Crippen LogP contribution in [0, 0.1) is 11.8 Å². The average molecular weight is 223 g/mol. The fourth-order valence-electron chi connectivity index (χ4n) is 2.91. The summed E-state index contributed by atoms with van der Waals surface area (Å²) in [5, 5.41) is 3.48. The zero-order valence-corrected chi connectivity index (χ0v) is 10.7. The van der Waals surface area contributed by atoms with Gasteiger partial charge in [0.15, 0.2) is 5.96 Å². The van der Waals surface area contributed by atoms with Gasteiger partial charge in [-0.2, -0.15) is 0 Å². The number of hydrogen-bond acceptors (Lipinski definition) is 3. The van der Waals surface area contributed by atoms with Crippen molar-refractivity contribution in [1.29, 1.82) is 0 Å². The van der Waals surface area contributed by atoms with Gasteiger partial charge in [0.1, 0.15) is 0 Å². The smallest absolute Gasteiger partial charge is 0.193 e. The predicted octanol–water partition coefficient (Wildman–Crippen LogP) is 2.09. The molecule has 1 heterocycles. The lowest BCUT2D eigenvalue weighted by molar-refractivity contribution is 0.242. The highest BCUT2D eigenvalue weighted by Crippen LogP contribution is 2.31. The third kappa shape index (κ3) is 2.89. The third-order valence-corrected chi connectivity index (χ3v) is 4.15. The Hall–Kier alpha value is -0.730. The van der Waals surface area contributed by atoms with Gasteiger partial charge in [-0.15, -0.1) is 0 Å². The van der Waals surface area contributed by atoms with E-state index in [4.69, 9.17) is 0 Å². The molecular weight excluding hydrogens is 198 g/mol. The minimum atomic E-state index is 0.929. The lowest BCUT2D eigenvalue weighted by atomic mass is 9.79. The third-order valence-electron chi connectivity index (χ3n) is 4.15. The van der Waals surface area contributed by atoms with E-state index in [1.807, 2.05) is 0 Å². The van der Waals surface area contributed by atoms with Gasteiger partial charge in [0.05, 0.1) is 6.54 Å². The fourth-order valence-corrected chi connectivity index (χ4v) is 2.91. The highest BCUT2D eigenvalue weighted by atomic mass is 15.3. The molecule has 1 N–H and O–H groups in total. The van der Waals surface area contributed by atoms with Crippen molar-refractivity contribution in [2.75, 3.05) is 26.7 Å². The van der Waals surface area contributed by atoms with Crippen molar-refractivity contribution in [3.8, 4) is 0 Å². The van der Waals surface area contributed by atoms with Crippen molar-refractivity contribution < 1.29 is 0 Å². The number of rotatable bonds is 3. The minimum absolute atomic E-state index is 0.929. The minimum Gasteiger partial charge on any atom is -0.356 e. The summed E-state index contributed by atoms with van der Waals surface area (Å²) in [6.45, 7) is 5.54. The molecule has 1 fully saturated rings. The highest BCUT2D eigenvalue weighted by Gasteiger charge is 2.21. The van der Waals surface area contributed by atoms with E-state index in [1.54, 1.807) is 0 Å². The molecule has 0 bridgehead atoms. The van der Waals surface area contributed by atoms with Crippen LogP contribution in [0.15, 0.2) is 4.99 Å². The van der Waals surface area contributed by atoms with Crippen LogP contribution in [0.5, 0.6) is 0 Å². The molecule has 0 aromatic rings. The van der Waals surface area contributed by atoms with Crippen molar-refractivity contribution >= 4 is 5.96 Å². The summed E-state index contributed by atoms with van der Waals surface area (Å²) in [4.78, 5) is 6.66. The molecule has 1 aliphatic heterocycles. The molecule has 0 spiro atoms. The summed E-state index contributed by atoms with van der Waals surface area (Å²) in [6.07, 6.45) is 7.07. The number of guanidine groups is 1. The van der Waals surface area contributed by atoms with Crippen molar-refractivity contribution in [1.82, 2.24) is 10.2 Å². The molecule has 3 heteroatoms. The van der Waals surface area contributed by atoms with E-state index in [9.17, 15) is 0 Å². The van der Waals surface area contributed by atoms with Gasteiger partial charge in [0.25, 0.3) is 0 Å². The summed E-state index contributed by atoms with van der Waals surface area (Å²) >= 11 is 0. The molecule has 2 rings (SSSR count). The van der Waals surface area contributed by atoms with Crippen LogP contribution in [-0.4, -0.2) is 37.5 Å². The molecule has 3 nitrogen and oxygen atoms in total. The fraction of sp³-hybridized carbons (Fsp3) is 0.923. The molecule has 92 valence electrons. The van der Waals surface area contributed by atoms with Crippen molar-refractivity contribution in [3.63, 3.8) is 0 Å². The number of aliphatic imine (C=N–C) groups is 1. The van der Waals surface area contributed by atoms with Crippen molar-refractivity contribution in [3.05, 3.63) is 0 Å². The molecule has 2 atom stereocenters. The lowest BCUT2D eigenvalue weighted by Crippen LogP contribution is -2.37. The summed E-state index contributed by atoms with van der Waals surface area (Å²) in [7, 11) is 2.11. The van der Waals surface area contributed by atoms with Gasteiger partial charge < -0.3 is 10.2 Å². The van der Waals surface area contributed by atoms with Gasteiger partial charge in [0.2, 0.25) is 0 Å². The first kappa shape index (κ1) is 11.7. The van der Waals surface area contributed by atoms with Gasteiger partial charge in [-0.25, -0.2) is 0 Å². The SMILES string of the molecule is CC1CCCCC1CCNC1=NCCN1C. The second-order valence-electron chi connectivity index (χ2n) is 5.36. The Morgan fingerprint density at radius 3 is 2.88 bits per heavy atom. The first-order valence-corrected chi connectivity index (χ1v) is 6.77. The van der Waals surface area contributed by atoms with Gasteiger partial charge in [0, 0.05) is 20.1 Å². The molecule has 2 unspecified atom stereocenters. The molecule has 0 radical (unpaired) electrons. The maximum Gasteiger partial charge on any atom is 0.193 e. The van der Waals surface area contributed by atoms with Crippen LogP contribution in [0.25, 0.3) is 0 Å². The summed E-state index contributed by atoms with van der Waals surface area (Å²) in [6, 6.07) is 0. The number of nitrogens with one attached hydrogen (secondary N) is 1. The molecule has 1 saturated carbocycles. The monoisotopic (exact) mass is 223 g/mol. The number of nitrogens with zero attached hydrogens (tertiary/aromatic N) is 2.